The summed E-state index contributed by atoms with van der Waals surface area (Å²) in [5.41, 5.74) is 3.83. The number of aliphatic hydroxyl groups excluding tert-OH is 1. The minimum atomic E-state index is -3.61. The monoisotopic (exact) mass is 506 g/mol. The van der Waals surface area contributed by atoms with Gasteiger partial charge in [-0.25, -0.2) is 13.6 Å². The molecule has 2 heterocycles. The highest BCUT2D eigenvalue weighted by molar-refractivity contribution is 7.89. The van der Waals surface area contributed by atoms with Crippen LogP contribution in [0.25, 0.3) is 11.8 Å². The summed E-state index contributed by atoms with van der Waals surface area (Å²) in [5.74, 6) is -0.264. The topological polar surface area (TPSA) is 118 Å². The van der Waals surface area contributed by atoms with E-state index in [0.29, 0.717) is 53.6 Å². The molecule has 0 aliphatic carbocycles. The van der Waals surface area contributed by atoms with Gasteiger partial charge >= 0.3 is 0 Å². The van der Waals surface area contributed by atoms with Gasteiger partial charge in [0.1, 0.15) is 0 Å². The van der Waals surface area contributed by atoms with E-state index in [0.717, 1.165) is 11.3 Å². The molecule has 1 saturated heterocycles. The SMILES string of the molecule is C=Nc1c(C(=O)CN2CCC(O)CC2)c(C)n(-c2ccc(Cl)cc2)c1/C=C(\C)CCS(N)(=O)=O. The summed E-state index contributed by atoms with van der Waals surface area (Å²) in [6, 6.07) is 7.22. The summed E-state index contributed by atoms with van der Waals surface area (Å²) in [4.78, 5) is 19.7. The van der Waals surface area contributed by atoms with Gasteiger partial charge in [0.2, 0.25) is 10.0 Å². The fraction of sp³-hybridized carbons (Fsp3) is 0.417. The zero-order chi connectivity index (χ0) is 25.0. The molecule has 1 fully saturated rings. The molecule has 3 N–H and O–H groups in total. The lowest BCUT2D eigenvalue weighted by molar-refractivity contribution is 0.0711. The van der Waals surface area contributed by atoms with E-state index < -0.39 is 10.0 Å². The highest BCUT2D eigenvalue weighted by atomic mass is 35.5. The molecule has 3 rings (SSSR count). The first kappa shape index (κ1) is 26.3. The van der Waals surface area contributed by atoms with Crippen molar-refractivity contribution in [3.8, 4) is 5.69 Å². The number of Topliss-reactive ketones (excluding diaryl/α,β-unsaturated/α-hetero) is 1. The fourth-order valence-electron chi connectivity index (χ4n) is 4.22. The van der Waals surface area contributed by atoms with Crippen LogP contribution < -0.4 is 5.14 Å². The Morgan fingerprint density at radius 1 is 1.29 bits per heavy atom. The Balaban J connectivity index is 2.07. The van der Waals surface area contributed by atoms with Gasteiger partial charge in [0.15, 0.2) is 5.78 Å². The second kappa shape index (κ2) is 11.0. The third-order valence-electron chi connectivity index (χ3n) is 6.03. The third-order valence-corrected chi connectivity index (χ3v) is 7.05. The van der Waals surface area contributed by atoms with Crippen molar-refractivity contribution >= 4 is 45.9 Å². The third kappa shape index (κ3) is 6.43. The number of hydrogen-bond donors (Lipinski definition) is 2. The number of ketones is 1. The molecular formula is C24H31ClN4O4S. The van der Waals surface area contributed by atoms with Crippen LogP contribution >= 0.6 is 11.6 Å². The maximum Gasteiger partial charge on any atom is 0.209 e. The summed E-state index contributed by atoms with van der Waals surface area (Å²) in [6.07, 6.45) is 3.04. The molecule has 0 radical (unpaired) electrons. The number of halogens is 1. The van der Waals surface area contributed by atoms with Crippen molar-refractivity contribution in [2.24, 2.45) is 10.1 Å². The predicted molar refractivity (Wildman–Crippen MR) is 137 cm³/mol. The van der Waals surface area contributed by atoms with Crippen molar-refractivity contribution in [3.05, 3.63) is 51.8 Å². The number of sulfonamides is 1. The van der Waals surface area contributed by atoms with Gasteiger partial charge in [-0.2, -0.15) is 0 Å². The number of aromatic nitrogens is 1. The van der Waals surface area contributed by atoms with Crippen molar-refractivity contribution in [3.63, 3.8) is 0 Å². The maximum absolute atomic E-state index is 13.4. The standard InChI is InChI=1S/C24H31ClN4O4S/c1-16(10-13-34(26,32)33)14-21-24(27-3)23(22(31)15-28-11-8-20(30)9-12-28)17(2)29(21)19-6-4-18(25)5-7-19/h4-7,14,20,30H,3,8-13,15H2,1-2H3,(H2,26,32,33)/b16-14+. The Morgan fingerprint density at radius 2 is 1.91 bits per heavy atom. The molecule has 0 atom stereocenters. The molecule has 2 aromatic rings. The van der Waals surface area contributed by atoms with Gasteiger partial charge in [-0.3, -0.25) is 14.7 Å². The van der Waals surface area contributed by atoms with Gasteiger partial charge in [-0.1, -0.05) is 17.2 Å². The van der Waals surface area contributed by atoms with E-state index in [2.05, 4.69) is 11.7 Å². The average Bonchev–Trinajstić information content (AvgIpc) is 3.05. The van der Waals surface area contributed by atoms with Gasteiger partial charge < -0.3 is 9.67 Å². The normalized spacial score (nSPS) is 16.1. The maximum atomic E-state index is 13.4. The van der Waals surface area contributed by atoms with Gasteiger partial charge in [-0.15, -0.1) is 0 Å². The van der Waals surface area contributed by atoms with E-state index in [1.165, 1.54) is 0 Å². The lowest BCUT2D eigenvalue weighted by atomic mass is 10.0. The number of carbonyl (C=O) groups is 1. The molecule has 1 aromatic heterocycles. The Hall–Kier alpha value is -2.30. The van der Waals surface area contributed by atoms with Gasteiger partial charge in [0.25, 0.3) is 0 Å². The number of benzene rings is 1. The summed E-state index contributed by atoms with van der Waals surface area (Å²) in [6.45, 7) is 8.91. The van der Waals surface area contributed by atoms with Crippen LogP contribution in [0.4, 0.5) is 5.69 Å². The molecule has 8 nitrogen and oxygen atoms in total. The Labute approximate surface area is 205 Å². The molecule has 0 saturated carbocycles. The molecule has 10 heteroatoms. The van der Waals surface area contributed by atoms with E-state index in [-0.39, 0.29) is 30.6 Å². The van der Waals surface area contributed by atoms with Crippen LogP contribution in [0.3, 0.4) is 0 Å². The van der Waals surface area contributed by atoms with E-state index in [1.807, 2.05) is 41.5 Å². The first-order valence-electron chi connectivity index (χ1n) is 11.1. The second-order valence-corrected chi connectivity index (χ2v) is 10.9. The number of hydrogen-bond acceptors (Lipinski definition) is 6. The summed E-state index contributed by atoms with van der Waals surface area (Å²) >= 11 is 6.08. The number of allylic oxidation sites excluding steroid dienone is 1. The highest BCUT2D eigenvalue weighted by Gasteiger charge is 2.27. The van der Waals surface area contributed by atoms with E-state index in [1.54, 1.807) is 12.1 Å². The van der Waals surface area contributed by atoms with E-state index in [9.17, 15) is 18.3 Å². The number of piperidine rings is 1. The number of nitrogens with two attached hydrogens (primary N) is 1. The Morgan fingerprint density at radius 3 is 2.47 bits per heavy atom. The Bertz CT molecular complexity index is 1190. The van der Waals surface area contributed by atoms with Crippen molar-refractivity contribution in [2.45, 2.75) is 39.2 Å². The van der Waals surface area contributed by atoms with Crippen LogP contribution in [0.15, 0.2) is 34.8 Å². The molecular weight excluding hydrogens is 476 g/mol. The first-order valence-corrected chi connectivity index (χ1v) is 13.2. The van der Waals surface area contributed by atoms with Gasteiger partial charge in [0.05, 0.1) is 35.3 Å². The highest BCUT2D eigenvalue weighted by Crippen LogP contribution is 2.36. The number of carbonyl (C=O) groups excluding carboxylic acids is 1. The lowest BCUT2D eigenvalue weighted by Crippen LogP contribution is -2.39. The van der Waals surface area contributed by atoms with Gasteiger partial charge in [0, 0.05) is 29.5 Å². The lowest BCUT2D eigenvalue weighted by Gasteiger charge is -2.28. The van der Waals surface area contributed by atoms with Crippen molar-refractivity contribution in [1.82, 2.24) is 9.47 Å². The number of aliphatic imine (C=N–C) groups is 1. The van der Waals surface area contributed by atoms with Crippen LogP contribution in [0.2, 0.25) is 5.02 Å². The zero-order valence-electron chi connectivity index (χ0n) is 19.5. The molecule has 0 bridgehead atoms. The van der Waals surface area contributed by atoms with E-state index in [4.69, 9.17) is 16.7 Å². The number of nitrogens with zero attached hydrogens (tertiary/aromatic N) is 3. The number of primary sulfonamides is 1. The molecule has 1 aliphatic heterocycles. The largest absolute Gasteiger partial charge is 0.393 e. The van der Waals surface area contributed by atoms with Gasteiger partial charge in [-0.05, 0) is 70.2 Å². The zero-order valence-corrected chi connectivity index (χ0v) is 21.1. The average molecular weight is 507 g/mol. The second-order valence-electron chi connectivity index (χ2n) is 8.70. The number of likely N-dealkylation sites (tertiary alicyclic amines) is 1. The molecule has 0 spiro atoms. The molecule has 1 aromatic carbocycles. The minimum Gasteiger partial charge on any atom is -0.393 e. The van der Waals surface area contributed by atoms with E-state index >= 15 is 0 Å². The molecule has 1 aliphatic rings. The summed E-state index contributed by atoms with van der Waals surface area (Å²) in [7, 11) is -3.61. The fourth-order valence-corrected chi connectivity index (χ4v) is 4.95. The molecule has 0 unspecified atom stereocenters. The Kier molecular flexibility index (Phi) is 8.48. The van der Waals surface area contributed by atoms with Crippen molar-refractivity contribution in [1.29, 1.82) is 0 Å². The molecule has 0 amide bonds. The molecule has 34 heavy (non-hydrogen) atoms. The van der Waals surface area contributed by atoms with Crippen LogP contribution in [-0.2, 0) is 10.0 Å². The van der Waals surface area contributed by atoms with Crippen LogP contribution in [0.1, 0.15) is 47.9 Å². The summed E-state index contributed by atoms with van der Waals surface area (Å²) in [5, 5.41) is 15.5. The smallest absolute Gasteiger partial charge is 0.209 e. The van der Waals surface area contributed by atoms with Crippen LogP contribution in [0.5, 0.6) is 0 Å². The van der Waals surface area contributed by atoms with Crippen molar-refractivity contribution < 1.29 is 18.3 Å². The quantitative estimate of drug-likeness (QED) is 0.398. The van der Waals surface area contributed by atoms with Crippen molar-refractivity contribution in [2.75, 3.05) is 25.4 Å². The number of aliphatic hydroxyl groups is 1. The predicted octanol–water partition coefficient (Wildman–Crippen LogP) is 3.49. The minimum absolute atomic E-state index is 0.0826. The van der Waals surface area contributed by atoms with Crippen LogP contribution in [0, 0.1) is 6.92 Å². The molecule has 184 valence electrons. The summed E-state index contributed by atoms with van der Waals surface area (Å²) < 4.78 is 24.8. The van der Waals surface area contributed by atoms with Crippen LogP contribution in [-0.4, -0.2) is 67.0 Å². The first-order chi connectivity index (χ1) is 16.0. The number of rotatable bonds is 9.